The third-order valence-electron chi connectivity index (χ3n) is 1.83. The number of carbonyl (C=O) groups is 1. The minimum absolute atomic E-state index is 0.181. The number of aromatic amines is 1. The summed E-state index contributed by atoms with van der Waals surface area (Å²) >= 11 is 5.61. The molecule has 1 aromatic heterocycles. The third-order valence-corrected chi connectivity index (χ3v) is 3.00. The topological polar surface area (TPSA) is 61.0 Å². The molecule has 0 saturated heterocycles. The maximum atomic E-state index is 11.1. The van der Waals surface area contributed by atoms with Crippen LogP contribution in [0.5, 0.6) is 0 Å². The molecule has 1 heterocycles. The number of urea groups is 1. The Morgan fingerprint density at radius 3 is 3.06 bits per heavy atom. The predicted molar refractivity (Wildman–Crippen MR) is 69.6 cm³/mol. The van der Waals surface area contributed by atoms with E-state index in [9.17, 15) is 4.79 Å². The summed E-state index contributed by atoms with van der Waals surface area (Å²) in [6.07, 6.45) is 0. The van der Waals surface area contributed by atoms with Gasteiger partial charge in [0.1, 0.15) is 0 Å². The van der Waals surface area contributed by atoms with Gasteiger partial charge in [0, 0.05) is 30.8 Å². The second kappa shape index (κ2) is 6.70. The standard InChI is InChI=1S/C9H16N4OS2/c1-7-5-8(12-11-7)6-16-4-3-10-9(14)13(2)15/h5,15H,3-4,6H2,1-2H3,(H,10,14)(H,11,12). The van der Waals surface area contributed by atoms with E-state index in [2.05, 4.69) is 28.3 Å². The van der Waals surface area contributed by atoms with Crippen molar-refractivity contribution in [3.05, 3.63) is 17.5 Å². The predicted octanol–water partition coefficient (Wildman–Crippen LogP) is 1.44. The number of H-pyrrole nitrogens is 1. The van der Waals surface area contributed by atoms with Gasteiger partial charge < -0.3 is 5.32 Å². The first kappa shape index (κ1) is 13.2. The molecule has 0 unspecified atom stereocenters. The highest BCUT2D eigenvalue weighted by molar-refractivity contribution is 7.98. The lowest BCUT2D eigenvalue weighted by atomic mass is 10.4. The molecular formula is C9H16N4OS2. The van der Waals surface area contributed by atoms with Crippen LogP contribution in [-0.2, 0) is 5.75 Å². The second-order valence-electron chi connectivity index (χ2n) is 3.35. The van der Waals surface area contributed by atoms with Crippen molar-refractivity contribution in [2.24, 2.45) is 0 Å². The van der Waals surface area contributed by atoms with Crippen molar-refractivity contribution in [3.8, 4) is 0 Å². The van der Waals surface area contributed by atoms with Crippen LogP contribution in [-0.4, -0.2) is 39.9 Å². The molecule has 7 heteroatoms. The summed E-state index contributed by atoms with van der Waals surface area (Å²) in [5.74, 6) is 1.72. The van der Waals surface area contributed by atoms with Crippen LogP contribution in [0.4, 0.5) is 4.79 Å². The van der Waals surface area contributed by atoms with Crippen LogP contribution in [0.1, 0.15) is 11.4 Å². The molecule has 16 heavy (non-hydrogen) atoms. The Balaban J connectivity index is 2.06. The molecule has 1 rings (SSSR count). The van der Waals surface area contributed by atoms with E-state index in [1.807, 2.05) is 13.0 Å². The van der Waals surface area contributed by atoms with Gasteiger partial charge in [-0.2, -0.15) is 16.9 Å². The average Bonchev–Trinajstić information content (AvgIpc) is 2.63. The van der Waals surface area contributed by atoms with E-state index in [1.54, 1.807) is 18.8 Å². The van der Waals surface area contributed by atoms with Crippen LogP contribution in [0.3, 0.4) is 0 Å². The Kier molecular flexibility index (Phi) is 5.54. The molecule has 0 aliphatic heterocycles. The Labute approximate surface area is 105 Å². The quantitative estimate of drug-likeness (QED) is 0.554. The summed E-state index contributed by atoms with van der Waals surface area (Å²) in [4.78, 5) is 11.1. The molecular weight excluding hydrogens is 244 g/mol. The van der Waals surface area contributed by atoms with Crippen molar-refractivity contribution < 1.29 is 4.79 Å². The summed E-state index contributed by atoms with van der Waals surface area (Å²) < 4.78 is 1.22. The molecule has 0 aliphatic carbocycles. The van der Waals surface area contributed by atoms with Gasteiger partial charge in [0.2, 0.25) is 0 Å². The molecule has 90 valence electrons. The number of amides is 2. The molecule has 0 radical (unpaired) electrons. The lowest BCUT2D eigenvalue weighted by Crippen LogP contribution is -2.32. The number of hydrogen-bond donors (Lipinski definition) is 3. The second-order valence-corrected chi connectivity index (χ2v) is 5.06. The molecule has 0 aliphatic rings. The number of thiol groups is 1. The third kappa shape index (κ3) is 4.80. The average molecular weight is 260 g/mol. The number of rotatable bonds is 5. The minimum atomic E-state index is -0.181. The highest BCUT2D eigenvalue weighted by Crippen LogP contribution is 2.09. The fourth-order valence-corrected chi connectivity index (χ4v) is 1.89. The Morgan fingerprint density at radius 1 is 1.75 bits per heavy atom. The zero-order valence-electron chi connectivity index (χ0n) is 9.36. The summed E-state index contributed by atoms with van der Waals surface area (Å²) in [5, 5.41) is 9.75. The maximum Gasteiger partial charge on any atom is 0.326 e. The van der Waals surface area contributed by atoms with Gasteiger partial charge in [0.05, 0.1) is 5.69 Å². The highest BCUT2D eigenvalue weighted by Gasteiger charge is 2.02. The van der Waals surface area contributed by atoms with Crippen molar-refractivity contribution in [2.45, 2.75) is 12.7 Å². The highest BCUT2D eigenvalue weighted by atomic mass is 32.2. The van der Waals surface area contributed by atoms with E-state index in [4.69, 9.17) is 0 Å². The van der Waals surface area contributed by atoms with Gasteiger partial charge in [0.15, 0.2) is 0 Å². The summed E-state index contributed by atoms with van der Waals surface area (Å²) in [5.41, 5.74) is 2.11. The van der Waals surface area contributed by atoms with E-state index < -0.39 is 0 Å². The fourth-order valence-electron chi connectivity index (χ4n) is 1.07. The number of aromatic nitrogens is 2. The zero-order chi connectivity index (χ0) is 12.0. The van der Waals surface area contributed by atoms with Gasteiger partial charge in [0.25, 0.3) is 0 Å². The molecule has 2 amide bonds. The van der Waals surface area contributed by atoms with E-state index in [0.29, 0.717) is 6.54 Å². The maximum absolute atomic E-state index is 11.1. The number of hydrogen-bond acceptors (Lipinski definition) is 4. The summed E-state index contributed by atoms with van der Waals surface area (Å²) in [7, 11) is 1.60. The summed E-state index contributed by atoms with van der Waals surface area (Å²) in [6, 6.07) is 1.84. The smallest absolute Gasteiger partial charge is 0.326 e. The van der Waals surface area contributed by atoms with E-state index in [0.717, 1.165) is 22.9 Å². The van der Waals surface area contributed by atoms with Crippen LogP contribution in [0, 0.1) is 6.92 Å². The number of nitrogens with zero attached hydrogens (tertiary/aromatic N) is 2. The first-order valence-corrected chi connectivity index (χ1v) is 6.44. The Bertz CT molecular complexity index is 340. The van der Waals surface area contributed by atoms with E-state index in [-0.39, 0.29) is 6.03 Å². The SMILES string of the molecule is Cc1cc(CSCCNC(=O)N(C)S)n[nH]1. The lowest BCUT2D eigenvalue weighted by Gasteiger charge is -2.09. The van der Waals surface area contributed by atoms with Gasteiger partial charge >= 0.3 is 6.03 Å². The van der Waals surface area contributed by atoms with Crippen LogP contribution in [0.15, 0.2) is 6.07 Å². The van der Waals surface area contributed by atoms with Crippen LogP contribution in [0.2, 0.25) is 0 Å². The number of aryl methyl sites for hydroxylation is 1. The van der Waals surface area contributed by atoms with Gasteiger partial charge in [-0.3, -0.25) is 9.40 Å². The van der Waals surface area contributed by atoms with Gasteiger partial charge in [-0.05, 0) is 13.0 Å². The molecule has 1 aromatic rings. The Hall–Kier alpha value is -0.820. The Morgan fingerprint density at radius 2 is 2.50 bits per heavy atom. The van der Waals surface area contributed by atoms with Crippen molar-refractivity contribution in [1.82, 2.24) is 19.8 Å². The van der Waals surface area contributed by atoms with E-state index in [1.165, 1.54) is 4.31 Å². The minimum Gasteiger partial charge on any atom is -0.336 e. The van der Waals surface area contributed by atoms with Crippen molar-refractivity contribution in [1.29, 1.82) is 0 Å². The molecule has 5 nitrogen and oxygen atoms in total. The largest absolute Gasteiger partial charge is 0.336 e. The first-order valence-electron chi connectivity index (χ1n) is 4.88. The fraction of sp³-hybridized carbons (Fsp3) is 0.556. The van der Waals surface area contributed by atoms with E-state index >= 15 is 0 Å². The molecule has 0 bridgehead atoms. The normalized spacial score (nSPS) is 10.2. The van der Waals surface area contributed by atoms with Crippen LogP contribution in [0.25, 0.3) is 0 Å². The molecule has 0 atom stereocenters. The number of carbonyl (C=O) groups excluding carboxylic acids is 1. The zero-order valence-corrected chi connectivity index (χ0v) is 11.1. The number of thioether (sulfide) groups is 1. The molecule has 0 saturated carbocycles. The van der Waals surface area contributed by atoms with Crippen molar-refractivity contribution in [2.75, 3.05) is 19.3 Å². The monoisotopic (exact) mass is 260 g/mol. The number of nitrogens with one attached hydrogen (secondary N) is 2. The van der Waals surface area contributed by atoms with Gasteiger partial charge in [-0.15, -0.1) is 0 Å². The molecule has 0 aromatic carbocycles. The van der Waals surface area contributed by atoms with Crippen LogP contribution < -0.4 is 5.32 Å². The summed E-state index contributed by atoms with van der Waals surface area (Å²) in [6.45, 7) is 2.61. The van der Waals surface area contributed by atoms with Crippen molar-refractivity contribution >= 4 is 30.6 Å². The molecule has 2 N–H and O–H groups in total. The first-order chi connectivity index (χ1) is 7.59. The van der Waals surface area contributed by atoms with Crippen molar-refractivity contribution in [3.63, 3.8) is 0 Å². The van der Waals surface area contributed by atoms with Gasteiger partial charge in [-0.1, -0.05) is 12.8 Å². The lowest BCUT2D eigenvalue weighted by molar-refractivity contribution is 0.231. The molecule has 0 fully saturated rings. The molecule has 0 spiro atoms. The van der Waals surface area contributed by atoms with Gasteiger partial charge in [-0.25, -0.2) is 4.79 Å². The van der Waals surface area contributed by atoms with Crippen LogP contribution >= 0.6 is 24.6 Å².